The number of likely N-dealkylation sites (tertiary alicyclic amines) is 1. The molecule has 1 aliphatic heterocycles. The van der Waals surface area contributed by atoms with Crippen molar-refractivity contribution in [2.45, 2.75) is 38.8 Å². The van der Waals surface area contributed by atoms with Crippen molar-refractivity contribution in [1.29, 1.82) is 5.26 Å². The van der Waals surface area contributed by atoms with Crippen LogP contribution in [0.5, 0.6) is 5.75 Å². The summed E-state index contributed by atoms with van der Waals surface area (Å²) in [5.74, 6) is 0.864. The maximum Gasteiger partial charge on any atom is 0.242 e. The number of hydrogen-bond acceptors (Lipinski definition) is 4. The average molecular weight is 363 g/mol. The number of hydrogen-bond donors (Lipinski definition) is 1. The molecule has 1 fully saturated rings. The van der Waals surface area contributed by atoms with Gasteiger partial charge in [-0.05, 0) is 56.0 Å². The molecule has 5 heteroatoms. The highest BCUT2D eigenvalue weighted by Gasteiger charge is 2.22. The molecule has 1 amide bonds. The van der Waals surface area contributed by atoms with E-state index < -0.39 is 0 Å². The van der Waals surface area contributed by atoms with Gasteiger partial charge in [-0.3, -0.25) is 4.79 Å². The average Bonchev–Trinajstić information content (AvgIpc) is 2.71. The third-order valence-electron chi connectivity index (χ3n) is 4.86. The fraction of sp³-hybridized carbons (Fsp3) is 0.364. The van der Waals surface area contributed by atoms with Gasteiger partial charge >= 0.3 is 0 Å². The molecule has 1 atom stereocenters. The van der Waals surface area contributed by atoms with Crippen LogP contribution in [0.15, 0.2) is 48.5 Å². The molecular weight excluding hydrogens is 338 g/mol. The Labute approximate surface area is 160 Å². The normalized spacial score (nSPS) is 16.4. The smallest absolute Gasteiger partial charge is 0.242 e. The second-order valence-electron chi connectivity index (χ2n) is 6.91. The Morgan fingerprint density at radius 2 is 2.11 bits per heavy atom. The third-order valence-corrected chi connectivity index (χ3v) is 4.86. The number of nitriles is 1. The van der Waals surface area contributed by atoms with E-state index in [0.717, 1.165) is 36.4 Å². The van der Waals surface area contributed by atoms with Gasteiger partial charge in [-0.1, -0.05) is 18.2 Å². The van der Waals surface area contributed by atoms with Crippen LogP contribution >= 0.6 is 0 Å². The van der Waals surface area contributed by atoms with Crippen LogP contribution in [0.25, 0.3) is 0 Å². The lowest BCUT2D eigenvalue weighted by Crippen LogP contribution is -2.44. The largest absolute Gasteiger partial charge is 0.489 e. The first kappa shape index (κ1) is 18.8. The quantitative estimate of drug-likeness (QED) is 0.844. The number of anilines is 1. The van der Waals surface area contributed by atoms with Crippen LogP contribution < -0.4 is 10.1 Å². The van der Waals surface area contributed by atoms with Crippen molar-refractivity contribution in [1.82, 2.24) is 4.90 Å². The van der Waals surface area contributed by atoms with Crippen LogP contribution in [0.2, 0.25) is 0 Å². The van der Waals surface area contributed by atoms with Crippen LogP contribution in [0.4, 0.5) is 5.69 Å². The third kappa shape index (κ3) is 5.24. The molecule has 0 bridgehead atoms. The molecule has 3 rings (SSSR count). The number of ether oxygens (including phenoxy) is 1. The Balaban J connectivity index is 1.54. The second kappa shape index (κ2) is 9.09. The number of piperidine rings is 1. The van der Waals surface area contributed by atoms with E-state index >= 15 is 0 Å². The van der Waals surface area contributed by atoms with Crippen LogP contribution in [-0.4, -0.2) is 29.9 Å². The minimum atomic E-state index is 0.141. The molecule has 1 aliphatic rings. The molecule has 1 saturated heterocycles. The summed E-state index contributed by atoms with van der Waals surface area (Å²) in [4.78, 5) is 14.4. The monoisotopic (exact) mass is 363 g/mol. The maximum absolute atomic E-state index is 12.4. The summed E-state index contributed by atoms with van der Waals surface area (Å²) in [5.41, 5.74) is 2.43. The molecule has 140 valence electrons. The minimum absolute atomic E-state index is 0.141. The SMILES string of the molecule is CC1CCCCN1C(=O)CNc1cccc(OCc2cccc(C#N)c2)c1. The number of nitrogens with zero attached hydrogens (tertiary/aromatic N) is 2. The van der Waals surface area contributed by atoms with E-state index in [4.69, 9.17) is 10.00 Å². The van der Waals surface area contributed by atoms with Crippen LogP contribution in [0, 0.1) is 11.3 Å². The van der Waals surface area contributed by atoms with Crippen molar-refractivity contribution >= 4 is 11.6 Å². The predicted molar refractivity (Wildman–Crippen MR) is 105 cm³/mol. The van der Waals surface area contributed by atoms with E-state index in [-0.39, 0.29) is 12.5 Å². The highest BCUT2D eigenvalue weighted by atomic mass is 16.5. The Morgan fingerprint density at radius 3 is 2.93 bits per heavy atom. The molecule has 0 spiro atoms. The lowest BCUT2D eigenvalue weighted by molar-refractivity contribution is -0.132. The highest BCUT2D eigenvalue weighted by Crippen LogP contribution is 2.20. The van der Waals surface area contributed by atoms with Gasteiger partial charge in [0, 0.05) is 24.3 Å². The molecule has 0 aromatic heterocycles. The van der Waals surface area contributed by atoms with Crippen LogP contribution in [-0.2, 0) is 11.4 Å². The van der Waals surface area contributed by atoms with Gasteiger partial charge in [-0.25, -0.2) is 0 Å². The molecule has 27 heavy (non-hydrogen) atoms. The molecule has 0 aliphatic carbocycles. The van der Waals surface area contributed by atoms with Crippen LogP contribution in [0.1, 0.15) is 37.3 Å². The van der Waals surface area contributed by atoms with Gasteiger partial charge in [-0.2, -0.15) is 5.26 Å². The number of carbonyl (C=O) groups excluding carboxylic acids is 1. The molecule has 0 saturated carbocycles. The molecule has 1 heterocycles. The summed E-state index contributed by atoms with van der Waals surface area (Å²) in [6, 6.07) is 17.4. The van der Waals surface area contributed by atoms with Crippen molar-refractivity contribution < 1.29 is 9.53 Å². The first-order chi connectivity index (χ1) is 13.2. The first-order valence-electron chi connectivity index (χ1n) is 9.41. The lowest BCUT2D eigenvalue weighted by Gasteiger charge is -2.33. The zero-order valence-corrected chi connectivity index (χ0v) is 15.6. The summed E-state index contributed by atoms with van der Waals surface area (Å²) >= 11 is 0. The fourth-order valence-corrected chi connectivity index (χ4v) is 3.34. The zero-order chi connectivity index (χ0) is 19.1. The van der Waals surface area contributed by atoms with E-state index in [1.165, 1.54) is 6.42 Å². The summed E-state index contributed by atoms with van der Waals surface area (Å²) < 4.78 is 5.83. The topological polar surface area (TPSA) is 65.4 Å². The fourth-order valence-electron chi connectivity index (χ4n) is 3.34. The maximum atomic E-state index is 12.4. The summed E-state index contributed by atoms with van der Waals surface area (Å²) in [6.45, 7) is 3.65. The lowest BCUT2D eigenvalue weighted by atomic mass is 10.0. The standard InChI is InChI=1S/C22H25N3O2/c1-17-6-2-3-11-25(17)22(26)15-24-20-9-5-10-21(13-20)27-16-19-8-4-7-18(12-19)14-23/h4-5,7-10,12-13,17,24H,2-3,6,11,15-16H2,1H3. The second-order valence-corrected chi connectivity index (χ2v) is 6.91. The summed E-state index contributed by atoms with van der Waals surface area (Å²) in [5, 5.41) is 12.2. The molecule has 2 aromatic carbocycles. The number of nitrogens with one attached hydrogen (secondary N) is 1. The molecule has 1 N–H and O–H groups in total. The predicted octanol–water partition coefficient (Wildman–Crippen LogP) is 3.95. The van der Waals surface area contributed by atoms with Gasteiger partial charge < -0.3 is 15.0 Å². The highest BCUT2D eigenvalue weighted by molar-refractivity contribution is 5.81. The Morgan fingerprint density at radius 1 is 1.26 bits per heavy atom. The minimum Gasteiger partial charge on any atom is -0.489 e. The Hall–Kier alpha value is -3.00. The summed E-state index contributed by atoms with van der Waals surface area (Å²) in [6.07, 6.45) is 3.38. The summed E-state index contributed by atoms with van der Waals surface area (Å²) in [7, 11) is 0. The van der Waals surface area contributed by atoms with Gasteiger partial charge in [0.05, 0.1) is 18.2 Å². The van der Waals surface area contributed by atoms with E-state index in [1.807, 2.05) is 47.4 Å². The number of rotatable bonds is 6. The molecular formula is C22H25N3O2. The van der Waals surface area contributed by atoms with Gasteiger partial charge in [-0.15, -0.1) is 0 Å². The Bertz CT molecular complexity index is 828. The number of benzene rings is 2. The molecule has 1 unspecified atom stereocenters. The van der Waals surface area contributed by atoms with Crippen LogP contribution in [0.3, 0.4) is 0 Å². The van der Waals surface area contributed by atoms with Crippen molar-refractivity contribution in [3.63, 3.8) is 0 Å². The number of amides is 1. The van der Waals surface area contributed by atoms with Crippen molar-refractivity contribution in [3.05, 3.63) is 59.7 Å². The molecule has 5 nitrogen and oxygen atoms in total. The van der Waals surface area contributed by atoms with Gasteiger partial charge in [0.15, 0.2) is 0 Å². The van der Waals surface area contributed by atoms with E-state index in [9.17, 15) is 4.79 Å². The van der Waals surface area contributed by atoms with E-state index in [1.54, 1.807) is 6.07 Å². The van der Waals surface area contributed by atoms with Gasteiger partial charge in [0.2, 0.25) is 5.91 Å². The number of carbonyl (C=O) groups is 1. The van der Waals surface area contributed by atoms with Crippen molar-refractivity contribution in [2.75, 3.05) is 18.4 Å². The first-order valence-corrected chi connectivity index (χ1v) is 9.41. The van der Waals surface area contributed by atoms with E-state index in [0.29, 0.717) is 18.2 Å². The van der Waals surface area contributed by atoms with Gasteiger partial charge in [0.25, 0.3) is 0 Å². The zero-order valence-electron chi connectivity index (χ0n) is 15.6. The van der Waals surface area contributed by atoms with Gasteiger partial charge in [0.1, 0.15) is 12.4 Å². The van der Waals surface area contributed by atoms with Crippen molar-refractivity contribution in [3.8, 4) is 11.8 Å². The molecule has 2 aromatic rings. The Kier molecular flexibility index (Phi) is 6.32. The molecule has 0 radical (unpaired) electrons. The van der Waals surface area contributed by atoms with Crippen molar-refractivity contribution in [2.24, 2.45) is 0 Å². The van der Waals surface area contributed by atoms with E-state index in [2.05, 4.69) is 18.3 Å².